The van der Waals surface area contributed by atoms with Crippen LogP contribution in [0.5, 0.6) is 11.5 Å². The molecule has 0 spiro atoms. The van der Waals surface area contributed by atoms with Gasteiger partial charge in [-0.25, -0.2) is 0 Å². The van der Waals surface area contributed by atoms with Gasteiger partial charge in [0.15, 0.2) is 5.75 Å². The second kappa shape index (κ2) is 7.30. The van der Waals surface area contributed by atoms with Gasteiger partial charge >= 0.3 is 5.97 Å². The average molecular weight is 324 g/mol. The standard InChI is InChI=1S/C17H16N4O3/c1-3-14-17(15(4-2)21(20-14)10-16(22)23)24-13-6-11(8-18)5-12(7-13)9-19/h5-7H,3-4,10H2,1-2H3,(H,22,23). The lowest BCUT2D eigenvalue weighted by atomic mass is 10.1. The molecule has 0 aliphatic rings. The van der Waals surface area contributed by atoms with Crippen molar-refractivity contribution in [2.24, 2.45) is 0 Å². The summed E-state index contributed by atoms with van der Waals surface area (Å²) < 4.78 is 7.30. The molecule has 1 aromatic carbocycles. The molecule has 0 bridgehead atoms. The van der Waals surface area contributed by atoms with Crippen molar-refractivity contribution in [3.63, 3.8) is 0 Å². The number of hydrogen-bond acceptors (Lipinski definition) is 5. The van der Waals surface area contributed by atoms with E-state index < -0.39 is 5.97 Å². The first-order chi connectivity index (χ1) is 11.5. The Bertz CT molecular complexity index is 824. The van der Waals surface area contributed by atoms with Crippen LogP contribution >= 0.6 is 0 Å². The van der Waals surface area contributed by atoms with Gasteiger partial charge in [0.05, 0.1) is 29.0 Å². The van der Waals surface area contributed by atoms with E-state index in [1.165, 1.54) is 22.9 Å². The summed E-state index contributed by atoms with van der Waals surface area (Å²) in [6.07, 6.45) is 1.11. The van der Waals surface area contributed by atoms with Crippen LogP contribution in [-0.4, -0.2) is 20.9 Å². The van der Waals surface area contributed by atoms with Crippen molar-refractivity contribution >= 4 is 5.97 Å². The average Bonchev–Trinajstić information content (AvgIpc) is 2.89. The Balaban J connectivity index is 2.49. The summed E-state index contributed by atoms with van der Waals surface area (Å²) in [7, 11) is 0. The number of carboxylic acids is 1. The maximum absolute atomic E-state index is 11.0. The van der Waals surface area contributed by atoms with Crippen molar-refractivity contribution < 1.29 is 14.6 Å². The quantitative estimate of drug-likeness (QED) is 0.874. The van der Waals surface area contributed by atoms with Gasteiger partial charge in [-0.15, -0.1) is 0 Å². The monoisotopic (exact) mass is 324 g/mol. The molecule has 0 atom stereocenters. The smallest absolute Gasteiger partial charge is 0.325 e. The zero-order chi connectivity index (χ0) is 17.7. The number of benzene rings is 1. The molecule has 0 unspecified atom stereocenters. The van der Waals surface area contributed by atoms with E-state index in [4.69, 9.17) is 20.4 Å². The molecule has 1 N–H and O–H groups in total. The van der Waals surface area contributed by atoms with E-state index in [1.807, 2.05) is 26.0 Å². The highest BCUT2D eigenvalue weighted by molar-refractivity contribution is 5.66. The molecular weight excluding hydrogens is 308 g/mol. The number of aromatic nitrogens is 2. The van der Waals surface area contributed by atoms with Gasteiger partial charge in [0.2, 0.25) is 0 Å². The Morgan fingerprint density at radius 1 is 1.21 bits per heavy atom. The van der Waals surface area contributed by atoms with E-state index in [-0.39, 0.29) is 6.54 Å². The summed E-state index contributed by atoms with van der Waals surface area (Å²) in [6, 6.07) is 8.52. The number of aliphatic carboxylic acids is 1. The highest BCUT2D eigenvalue weighted by Crippen LogP contribution is 2.31. The zero-order valence-corrected chi connectivity index (χ0v) is 13.4. The van der Waals surface area contributed by atoms with Crippen molar-refractivity contribution in [3.8, 4) is 23.6 Å². The van der Waals surface area contributed by atoms with Crippen LogP contribution in [0.4, 0.5) is 0 Å². The fourth-order valence-corrected chi connectivity index (χ4v) is 2.39. The molecule has 7 nitrogen and oxygen atoms in total. The highest BCUT2D eigenvalue weighted by atomic mass is 16.5. The number of carboxylic acid groups (broad SMARTS) is 1. The fraction of sp³-hybridized carbons (Fsp3) is 0.294. The first-order valence-corrected chi connectivity index (χ1v) is 7.45. The third kappa shape index (κ3) is 3.53. The second-order valence-corrected chi connectivity index (χ2v) is 5.05. The minimum absolute atomic E-state index is 0.249. The molecule has 7 heteroatoms. The first kappa shape index (κ1) is 17.0. The molecular formula is C17H16N4O3. The number of nitriles is 2. The predicted octanol–water partition coefficient (Wildman–Crippen LogP) is 2.63. The number of ether oxygens (including phenoxy) is 1. The Morgan fingerprint density at radius 3 is 2.29 bits per heavy atom. The molecule has 0 saturated heterocycles. The number of aryl methyl sites for hydroxylation is 1. The summed E-state index contributed by atoms with van der Waals surface area (Å²) in [5.74, 6) is -0.148. The van der Waals surface area contributed by atoms with Gasteiger partial charge in [0.1, 0.15) is 18.0 Å². The minimum Gasteiger partial charge on any atom is -0.480 e. The molecule has 2 aromatic rings. The summed E-state index contributed by atoms with van der Waals surface area (Å²) in [5, 5.41) is 31.4. The minimum atomic E-state index is -0.986. The molecule has 1 heterocycles. The molecule has 0 radical (unpaired) electrons. The van der Waals surface area contributed by atoms with Crippen LogP contribution in [0.25, 0.3) is 0 Å². The molecule has 122 valence electrons. The number of nitrogens with zero attached hydrogens (tertiary/aromatic N) is 4. The van der Waals surface area contributed by atoms with Crippen molar-refractivity contribution in [1.82, 2.24) is 9.78 Å². The third-order valence-corrected chi connectivity index (χ3v) is 3.42. The fourth-order valence-electron chi connectivity index (χ4n) is 2.39. The predicted molar refractivity (Wildman–Crippen MR) is 84.6 cm³/mol. The van der Waals surface area contributed by atoms with Crippen molar-refractivity contribution in [1.29, 1.82) is 10.5 Å². The lowest BCUT2D eigenvalue weighted by Gasteiger charge is -2.09. The van der Waals surface area contributed by atoms with E-state index in [2.05, 4.69) is 5.10 Å². The maximum Gasteiger partial charge on any atom is 0.325 e. The van der Waals surface area contributed by atoms with E-state index in [1.54, 1.807) is 0 Å². The van der Waals surface area contributed by atoms with E-state index in [0.717, 1.165) is 0 Å². The number of hydrogen-bond donors (Lipinski definition) is 1. The molecule has 0 fully saturated rings. The van der Waals surface area contributed by atoms with Gasteiger partial charge in [0, 0.05) is 0 Å². The van der Waals surface area contributed by atoms with Gasteiger partial charge in [-0.3, -0.25) is 9.48 Å². The van der Waals surface area contributed by atoms with Crippen molar-refractivity contribution in [3.05, 3.63) is 40.7 Å². The van der Waals surface area contributed by atoms with Gasteiger partial charge < -0.3 is 9.84 Å². The SMILES string of the molecule is CCc1nn(CC(=O)O)c(CC)c1Oc1cc(C#N)cc(C#N)c1. The Kier molecular flexibility index (Phi) is 5.18. The topological polar surface area (TPSA) is 112 Å². The van der Waals surface area contributed by atoms with Crippen LogP contribution in [0.3, 0.4) is 0 Å². The van der Waals surface area contributed by atoms with Crippen LogP contribution in [0.1, 0.15) is 36.4 Å². The van der Waals surface area contributed by atoms with Crippen LogP contribution in [0, 0.1) is 22.7 Å². The lowest BCUT2D eigenvalue weighted by Crippen LogP contribution is -2.13. The van der Waals surface area contributed by atoms with Crippen LogP contribution in [0.2, 0.25) is 0 Å². The summed E-state index contributed by atoms with van der Waals surface area (Å²) in [6.45, 7) is 3.53. The molecule has 1 aromatic heterocycles. The van der Waals surface area contributed by atoms with Gasteiger partial charge in [-0.1, -0.05) is 13.8 Å². The molecule has 24 heavy (non-hydrogen) atoms. The number of rotatable bonds is 6. The summed E-state index contributed by atoms with van der Waals surface area (Å²) >= 11 is 0. The number of carbonyl (C=O) groups is 1. The Morgan fingerprint density at radius 2 is 1.83 bits per heavy atom. The third-order valence-electron chi connectivity index (χ3n) is 3.42. The van der Waals surface area contributed by atoms with Gasteiger partial charge in [0.25, 0.3) is 0 Å². The molecule has 0 aliphatic heterocycles. The van der Waals surface area contributed by atoms with Gasteiger partial charge in [-0.2, -0.15) is 15.6 Å². The van der Waals surface area contributed by atoms with Crippen molar-refractivity contribution in [2.45, 2.75) is 33.2 Å². The summed E-state index contributed by atoms with van der Waals surface area (Å²) in [5.41, 5.74) is 1.93. The maximum atomic E-state index is 11.0. The lowest BCUT2D eigenvalue weighted by molar-refractivity contribution is -0.137. The van der Waals surface area contributed by atoms with Gasteiger partial charge in [-0.05, 0) is 31.0 Å². The van der Waals surface area contributed by atoms with E-state index in [0.29, 0.717) is 46.9 Å². The normalized spacial score (nSPS) is 10.0. The largest absolute Gasteiger partial charge is 0.480 e. The first-order valence-electron chi connectivity index (χ1n) is 7.45. The van der Waals surface area contributed by atoms with E-state index in [9.17, 15) is 4.79 Å². The van der Waals surface area contributed by atoms with Crippen LogP contribution in [-0.2, 0) is 24.2 Å². The second-order valence-electron chi connectivity index (χ2n) is 5.05. The zero-order valence-electron chi connectivity index (χ0n) is 13.4. The van der Waals surface area contributed by atoms with Crippen LogP contribution in [0.15, 0.2) is 18.2 Å². The molecule has 0 amide bonds. The van der Waals surface area contributed by atoms with Crippen molar-refractivity contribution in [2.75, 3.05) is 0 Å². The Hall–Kier alpha value is -3.32. The van der Waals surface area contributed by atoms with E-state index >= 15 is 0 Å². The molecule has 2 rings (SSSR count). The highest BCUT2D eigenvalue weighted by Gasteiger charge is 2.19. The Labute approximate surface area is 139 Å². The molecule has 0 aliphatic carbocycles. The molecule has 0 saturated carbocycles. The summed E-state index contributed by atoms with van der Waals surface area (Å²) in [4.78, 5) is 11.0. The van der Waals surface area contributed by atoms with Crippen LogP contribution < -0.4 is 4.74 Å².